The van der Waals surface area contributed by atoms with Crippen LogP contribution in [0, 0.1) is 0 Å². The van der Waals surface area contributed by atoms with Crippen LogP contribution in [0.25, 0.3) is 0 Å². The minimum Gasteiger partial charge on any atom is -0.467 e. The molecule has 1 aliphatic rings. The van der Waals surface area contributed by atoms with E-state index in [1.165, 1.54) is 0 Å². The molecule has 1 amide bonds. The highest BCUT2D eigenvalue weighted by Crippen LogP contribution is 2.15. The van der Waals surface area contributed by atoms with Crippen molar-refractivity contribution in [3.8, 4) is 0 Å². The molecule has 0 spiro atoms. The van der Waals surface area contributed by atoms with Crippen LogP contribution in [0.2, 0.25) is 0 Å². The summed E-state index contributed by atoms with van der Waals surface area (Å²) in [5, 5.41) is 13.2. The van der Waals surface area contributed by atoms with Gasteiger partial charge in [0.25, 0.3) is 0 Å². The van der Waals surface area contributed by atoms with Crippen molar-refractivity contribution in [3.05, 3.63) is 24.2 Å². The van der Waals surface area contributed by atoms with E-state index in [0.717, 1.165) is 12.8 Å². The number of nitrogens with zero attached hydrogens (tertiary/aromatic N) is 1. The van der Waals surface area contributed by atoms with Crippen molar-refractivity contribution in [2.75, 3.05) is 26.2 Å². The maximum absolute atomic E-state index is 11.6. The molecule has 1 fully saturated rings. The number of carbonyl (C=O) groups is 1. The summed E-state index contributed by atoms with van der Waals surface area (Å²) in [6.07, 6.45) is 2.42. The summed E-state index contributed by atoms with van der Waals surface area (Å²) in [5.74, 6) is 0.571. The van der Waals surface area contributed by atoms with Crippen LogP contribution in [-0.2, 0) is 4.74 Å². The molecule has 1 aliphatic heterocycles. The number of nitrogens with one attached hydrogen (secondary N) is 1. The Kier molecular flexibility index (Phi) is 5.43. The van der Waals surface area contributed by atoms with Gasteiger partial charge in [0.05, 0.1) is 12.9 Å². The van der Waals surface area contributed by atoms with Gasteiger partial charge in [-0.15, -0.1) is 0 Å². The molecule has 2 N–H and O–H groups in total. The SMILES string of the molecule is CCOC(=O)N1CCC(NCC(O)c2ccco2)CC1. The molecule has 2 rings (SSSR count). The normalized spacial score (nSPS) is 18.0. The van der Waals surface area contributed by atoms with Crippen LogP contribution in [0.5, 0.6) is 0 Å². The lowest BCUT2D eigenvalue weighted by Crippen LogP contribution is -2.45. The molecule has 6 nitrogen and oxygen atoms in total. The molecule has 2 heterocycles. The van der Waals surface area contributed by atoms with Crippen molar-refractivity contribution >= 4 is 6.09 Å². The summed E-state index contributed by atoms with van der Waals surface area (Å²) >= 11 is 0. The van der Waals surface area contributed by atoms with Crippen LogP contribution in [-0.4, -0.2) is 48.4 Å². The van der Waals surface area contributed by atoms with Gasteiger partial charge in [-0.3, -0.25) is 0 Å². The summed E-state index contributed by atoms with van der Waals surface area (Å²) in [4.78, 5) is 13.3. The molecule has 1 unspecified atom stereocenters. The number of furan rings is 1. The van der Waals surface area contributed by atoms with E-state index < -0.39 is 6.10 Å². The van der Waals surface area contributed by atoms with Crippen LogP contribution in [0.4, 0.5) is 4.79 Å². The smallest absolute Gasteiger partial charge is 0.409 e. The number of rotatable bonds is 5. The van der Waals surface area contributed by atoms with Gasteiger partial charge >= 0.3 is 6.09 Å². The first kappa shape index (κ1) is 14.9. The Balaban J connectivity index is 1.68. The maximum atomic E-state index is 11.6. The highest BCUT2D eigenvalue weighted by molar-refractivity contribution is 5.67. The first-order valence-corrected chi connectivity index (χ1v) is 7.07. The van der Waals surface area contributed by atoms with Gasteiger partial charge < -0.3 is 24.5 Å². The Labute approximate surface area is 118 Å². The molecule has 1 aromatic heterocycles. The predicted molar refractivity (Wildman–Crippen MR) is 73.3 cm³/mol. The number of likely N-dealkylation sites (tertiary alicyclic amines) is 1. The van der Waals surface area contributed by atoms with Gasteiger partial charge in [0.15, 0.2) is 0 Å². The van der Waals surface area contributed by atoms with E-state index in [4.69, 9.17) is 9.15 Å². The third-order valence-electron chi connectivity index (χ3n) is 3.49. The Bertz CT molecular complexity index is 399. The molecule has 6 heteroatoms. The lowest BCUT2D eigenvalue weighted by molar-refractivity contribution is 0.0917. The van der Waals surface area contributed by atoms with Gasteiger partial charge in [0.2, 0.25) is 0 Å². The van der Waals surface area contributed by atoms with E-state index >= 15 is 0 Å². The zero-order chi connectivity index (χ0) is 14.4. The standard InChI is InChI=1S/C14H22N2O4/c1-2-19-14(18)16-7-5-11(6-8-16)15-10-12(17)13-4-3-9-20-13/h3-4,9,11-12,15,17H,2,5-8,10H2,1H3. The second kappa shape index (κ2) is 7.31. The lowest BCUT2D eigenvalue weighted by atomic mass is 10.1. The largest absolute Gasteiger partial charge is 0.467 e. The number of piperidine rings is 1. The Morgan fingerprint density at radius 2 is 2.35 bits per heavy atom. The summed E-state index contributed by atoms with van der Waals surface area (Å²) in [6.45, 7) is 4.05. The molecule has 0 radical (unpaired) electrons. The molecule has 0 aliphatic carbocycles. The van der Waals surface area contributed by atoms with Gasteiger partial charge in [-0.05, 0) is 31.9 Å². The monoisotopic (exact) mass is 282 g/mol. The van der Waals surface area contributed by atoms with E-state index in [2.05, 4.69) is 5.32 Å². The molecule has 1 saturated heterocycles. The third-order valence-corrected chi connectivity index (χ3v) is 3.49. The summed E-state index contributed by atoms with van der Waals surface area (Å²) in [7, 11) is 0. The summed E-state index contributed by atoms with van der Waals surface area (Å²) in [5.41, 5.74) is 0. The van der Waals surface area contributed by atoms with Crippen molar-refractivity contribution in [2.45, 2.75) is 31.9 Å². The van der Waals surface area contributed by atoms with Gasteiger partial charge in [0.1, 0.15) is 11.9 Å². The number of aliphatic hydroxyl groups excluding tert-OH is 1. The highest BCUT2D eigenvalue weighted by Gasteiger charge is 2.24. The fraction of sp³-hybridized carbons (Fsp3) is 0.643. The Hall–Kier alpha value is -1.53. The number of ether oxygens (including phenoxy) is 1. The Morgan fingerprint density at radius 1 is 1.60 bits per heavy atom. The van der Waals surface area contributed by atoms with Gasteiger partial charge in [-0.2, -0.15) is 0 Å². The molecule has 0 aromatic carbocycles. The predicted octanol–water partition coefficient (Wildman–Crippen LogP) is 1.52. The molecular formula is C14H22N2O4. The van der Waals surface area contributed by atoms with Crippen LogP contribution in [0.3, 0.4) is 0 Å². The molecule has 1 atom stereocenters. The van der Waals surface area contributed by atoms with Crippen LogP contribution in [0.15, 0.2) is 22.8 Å². The van der Waals surface area contributed by atoms with E-state index in [-0.39, 0.29) is 6.09 Å². The topological polar surface area (TPSA) is 74.9 Å². The van der Waals surface area contributed by atoms with E-state index in [1.54, 1.807) is 23.3 Å². The highest BCUT2D eigenvalue weighted by atomic mass is 16.6. The van der Waals surface area contributed by atoms with Crippen molar-refractivity contribution in [1.29, 1.82) is 0 Å². The maximum Gasteiger partial charge on any atom is 0.409 e. The molecule has 112 valence electrons. The summed E-state index contributed by atoms with van der Waals surface area (Å²) in [6, 6.07) is 3.83. The summed E-state index contributed by atoms with van der Waals surface area (Å²) < 4.78 is 10.1. The fourth-order valence-electron chi connectivity index (χ4n) is 2.34. The second-order valence-corrected chi connectivity index (χ2v) is 4.90. The van der Waals surface area contributed by atoms with E-state index in [9.17, 15) is 9.90 Å². The van der Waals surface area contributed by atoms with Crippen molar-refractivity contribution in [1.82, 2.24) is 10.2 Å². The third kappa shape index (κ3) is 3.98. The number of aliphatic hydroxyl groups is 1. The van der Waals surface area contributed by atoms with E-state index in [1.807, 2.05) is 6.92 Å². The molecular weight excluding hydrogens is 260 g/mol. The quantitative estimate of drug-likeness (QED) is 0.856. The number of hydrogen-bond acceptors (Lipinski definition) is 5. The molecule has 20 heavy (non-hydrogen) atoms. The molecule has 1 aromatic rings. The van der Waals surface area contributed by atoms with Gasteiger partial charge in [-0.25, -0.2) is 4.79 Å². The average Bonchev–Trinajstić information content (AvgIpc) is 3.00. The average molecular weight is 282 g/mol. The fourth-order valence-corrected chi connectivity index (χ4v) is 2.34. The van der Waals surface area contributed by atoms with Crippen LogP contribution >= 0.6 is 0 Å². The number of hydrogen-bond donors (Lipinski definition) is 2. The molecule has 0 bridgehead atoms. The minimum absolute atomic E-state index is 0.235. The van der Waals surface area contributed by atoms with E-state index in [0.29, 0.717) is 38.0 Å². The minimum atomic E-state index is -0.631. The van der Waals surface area contributed by atoms with Crippen molar-refractivity contribution in [2.24, 2.45) is 0 Å². The van der Waals surface area contributed by atoms with Crippen molar-refractivity contribution < 1.29 is 19.1 Å². The lowest BCUT2D eigenvalue weighted by Gasteiger charge is -2.32. The molecule has 0 saturated carbocycles. The van der Waals surface area contributed by atoms with Gasteiger partial charge in [0, 0.05) is 25.7 Å². The number of carbonyl (C=O) groups excluding carboxylic acids is 1. The van der Waals surface area contributed by atoms with Crippen LogP contribution in [0.1, 0.15) is 31.6 Å². The van der Waals surface area contributed by atoms with Crippen LogP contribution < -0.4 is 5.32 Å². The van der Waals surface area contributed by atoms with Crippen molar-refractivity contribution in [3.63, 3.8) is 0 Å². The number of amides is 1. The Morgan fingerprint density at radius 3 is 2.95 bits per heavy atom. The second-order valence-electron chi connectivity index (χ2n) is 4.90. The zero-order valence-corrected chi connectivity index (χ0v) is 11.7. The van der Waals surface area contributed by atoms with Gasteiger partial charge in [-0.1, -0.05) is 0 Å². The first-order chi connectivity index (χ1) is 9.70. The first-order valence-electron chi connectivity index (χ1n) is 7.07. The zero-order valence-electron chi connectivity index (χ0n) is 11.7.